The Hall–Kier alpha value is -4.48. The van der Waals surface area contributed by atoms with Crippen molar-refractivity contribution in [3.05, 3.63) is 78.1 Å². The number of nitrogens with one attached hydrogen (secondary N) is 1. The molecule has 0 fully saturated rings. The summed E-state index contributed by atoms with van der Waals surface area (Å²) in [6, 6.07) is 19.5. The Morgan fingerprint density at radius 3 is 2.59 bits per heavy atom. The van der Waals surface area contributed by atoms with Crippen LogP contribution in [0, 0.1) is 0 Å². The SMILES string of the molecule is C[C@@H](OC(=O)Nc1c(-c2cc3sc(-c4ccc5occ(CC(=O)O)c5c4)cc3s2)nnn1C)c1ccccc1. The second-order valence-electron chi connectivity index (χ2n) is 8.99. The number of thiophene rings is 2. The van der Waals surface area contributed by atoms with E-state index in [2.05, 4.69) is 21.7 Å². The van der Waals surface area contributed by atoms with Crippen molar-refractivity contribution in [3.8, 4) is 21.0 Å². The fraction of sp³-hybridized carbons (Fsp3) is 0.143. The topological polar surface area (TPSA) is 119 Å². The van der Waals surface area contributed by atoms with Crippen molar-refractivity contribution in [2.75, 3.05) is 5.32 Å². The lowest BCUT2D eigenvalue weighted by molar-refractivity contribution is -0.136. The molecule has 6 aromatic rings. The minimum Gasteiger partial charge on any atom is -0.481 e. The summed E-state index contributed by atoms with van der Waals surface area (Å²) < 4.78 is 14.7. The number of amides is 1. The van der Waals surface area contributed by atoms with Gasteiger partial charge in [-0.1, -0.05) is 35.5 Å². The van der Waals surface area contributed by atoms with Crippen LogP contribution < -0.4 is 5.32 Å². The first-order chi connectivity index (χ1) is 18.9. The molecular formula is C28H22N4O5S2. The molecule has 196 valence electrons. The summed E-state index contributed by atoms with van der Waals surface area (Å²) in [6.45, 7) is 1.82. The number of carbonyl (C=O) groups is 2. The maximum atomic E-state index is 12.7. The summed E-state index contributed by atoms with van der Waals surface area (Å²) in [4.78, 5) is 25.8. The molecule has 4 heterocycles. The van der Waals surface area contributed by atoms with Crippen LogP contribution in [-0.4, -0.2) is 32.2 Å². The van der Waals surface area contributed by atoms with Gasteiger partial charge < -0.3 is 14.3 Å². The Morgan fingerprint density at radius 1 is 1.08 bits per heavy atom. The first-order valence-corrected chi connectivity index (χ1v) is 13.7. The summed E-state index contributed by atoms with van der Waals surface area (Å²) in [5, 5.41) is 21.2. The lowest BCUT2D eigenvalue weighted by atomic mass is 10.1. The van der Waals surface area contributed by atoms with E-state index in [1.807, 2.05) is 61.5 Å². The standard InChI is InChI=1S/C28H22N4O5S2/c1-15(16-6-4-3-5-7-16)37-28(35)29-27-26(30-31-32(27)2)24-13-23-22(39-24)12-21(38-23)17-8-9-20-19(10-17)18(14-36-20)11-25(33)34/h3-10,12-15H,11H2,1-2H3,(H,29,35)(H,33,34)/t15-/m1/s1. The van der Waals surface area contributed by atoms with Gasteiger partial charge in [-0.2, -0.15) is 0 Å². The average Bonchev–Trinajstić information content (AvgIpc) is 3.68. The van der Waals surface area contributed by atoms with E-state index < -0.39 is 18.2 Å². The second-order valence-corrected chi connectivity index (χ2v) is 11.2. The molecule has 0 saturated heterocycles. The van der Waals surface area contributed by atoms with Crippen LogP contribution in [0.2, 0.25) is 0 Å². The summed E-state index contributed by atoms with van der Waals surface area (Å²) in [7, 11) is 1.71. The van der Waals surface area contributed by atoms with Crippen molar-refractivity contribution in [2.24, 2.45) is 7.05 Å². The van der Waals surface area contributed by atoms with Gasteiger partial charge in [0.25, 0.3) is 0 Å². The number of hydrogen-bond donors (Lipinski definition) is 2. The van der Waals surface area contributed by atoms with Crippen LogP contribution in [0.25, 0.3) is 41.4 Å². The average molecular weight is 559 g/mol. The summed E-state index contributed by atoms with van der Waals surface area (Å²) in [5.41, 5.74) is 3.77. The molecule has 9 nitrogen and oxygen atoms in total. The van der Waals surface area contributed by atoms with Gasteiger partial charge in [0, 0.05) is 32.3 Å². The number of anilines is 1. The van der Waals surface area contributed by atoms with Gasteiger partial charge >= 0.3 is 12.1 Å². The van der Waals surface area contributed by atoms with Gasteiger partial charge in [-0.3, -0.25) is 10.1 Å². The smallest absolute Gasteiger partial charge is 0.413 e. The third kappa shape index (κ3) is 4.89. The van der Waals surface area contributed by atoms with E-state index in [1.54, 1.807) is 29.7 Å². The second kappa shape index (κ2) is 10.0. The summed E-state index contributed by atoms with van der Waals surface area (Å²) in [5.74, 6) is -0.449. The number of fused-ring (bicyclic) bond motifs is 2. The number of aromatic nitrogens is 3. The quantitative estimate of drug-likeness (QED) is 0.214. The molecule has 0 unspecified atom stereocenters. The van der Waals surface area contributed by atoms with E-state index in [9.17, 15) is 14.7 Å². The molecule has 0 bridgehead atoms. The normalized spacial score (nSPS) is 12.2. The fourth-order valence-corrected chi connectivity index (χ4v) is 6.75. The van der Waals surface area contributed by atoms with Crippen molar-refractivity contribution in [1.29, 1.82) is 0 Å². The van der Waals surface area contributed by atoms with E-state index in [1.165, 1.54) is 10.9 Å². The number of hydrogen-bond acceptors (Lipinski definition) is 8. The third-order valence-corrected chi connectivity index (χ3v) is 8.67. The Kier molecular flexibility index (Phi) is 6.37. The van der Waals surface area contributed by atoms with Gasteiger partial charge in [-0.25, -0.2) is 9.48 Å². The highest BCUT2D eigenvalue weighted by atomic mass is 32.1. The van der Waals surface area contributed by atoms with Crippen LogP contribution >= 0.6 is 22.7 Å². The number of aryl methyl sites for hydroxylation is 1. The maximum Gasteiger partial charge on any atom is 0.413 e. The zero-order valence-corrected chi connectivity index (χ0v) is 22.5. The Bertz CT molecular complexity index is 1800. The Balaban J connectivity index is 1.24. The van der Waals surface area contributed by atoms with Crippen LogP contribution in [0.1, 0.15) is 24.2 Å². The number of rotatable bonds is 7. The van der Waals surface area contributed by atoms with Crippen LogP contribution in [0.15, 0.2) is 71.3 Å². The van der Waals surface area contributed by atoms with E-state index in [0.717, 1.165) is 35.7 Å². The van der Waals surface area contributed by atoms with Crippen LogP contribution in [0.3, 0.4) is 0 Å². The van der Waals surface area contributed by atoms with Crippen molar-refractivity contribution in [2.45, 2.75) is 19.4 Å². The first kappa shape index (κ1) is 24.8. The first-order valence-electron chi connectivity index (χ1n) is 12.0. The van der Waals surface area contributed by atoms with Crippen molar-refractivity contribution < 1.29 is 23.8 Å². The molecule has 2 aromatic carbocycles. The van der Waals surface area contributed by atoms with E-state index >= 15 is 0 Å². The molecule has 39 heavy (non-hydrogen) atoms. The third-order valence-electron chi connectivity index (χ3n) is 6.32. The molecule has 11 heteroatoms. The summed E-state index contributed by atoms with van der Waals surface area (Å²) >= 11 is 3.18. The van der Waals surface area contributed by atoms with Crippen LogP contribution in [0.5, 0.6) is 0 Å². The lowest BCUT2D eigenvalue weighted by Crippen LogP contribution is -2.18. The lowest BCUT2D eigenvalue weighted by Gasteiger charge is -2.14. The number of benzene rings is 2. The van der Waals surface area contributed by atoms with Crippen molar-refractivity contribution in [1.82, 2.24) is 15.0 Å². The van der Waals surface area contributed by atoms with Crippen molar-refractivity contribution >= 4 is 60.9 Å². The zero-order valence-electron chi connectivity index (χ0n) is 20.9. The van der Waals surface area contributed by atoms with Crippen LogP contribution in [0.4, 0.5) is 10.6 Å². The number of carboxylic acid groups (broad SMARTS) is 1. The maximum absolute atomic E-state index is 12.7. The van der Waals surface area contributed by atoms with E-state index in [-0.39, 0.29) is 6.42 Å². The molecule has 0 aliphatic carbocycles. The van der Waals surface area contributed by atoms with E-state index in [4.69, 9.17) is 9.15 Å². The van der Waals surface area contributed by atoms with E-state index in [0.29, 0.717) is 22.7 Å². The molecule has 6 rings (SSSR count). The number of nitrogens with zero attached hydrogens (tertiary/aromatic N) is 3. The molecule has 0 aliphatic heterocycles. The minimum absolute atomic E-state index is 0.0907. The minimum atomic E-state index is -0.899. The predicted molar refractivity (Wildman–Crippen MR) is 151 cm³/mol. The number of furan rings is 1. The van der Waals surface area contributed by atoms with Crippen molar-refractivity contribution in [3.63, 3.8) is 0 Å². The molecular weight excluding hydrogens is 536 g/mol. The van der Waals surface area contributed by atoms with Gasteiger partial charge in [-0.15, -0.1) is 27.8 Å². The largest absolute Gasteiger partial charge is 0.481 e. The molecule has 1 amide bonds. The number of ether oxygens (including phenoxy) is 1. The van der Waals surface area contributed by atoms with Gasteiger partial charge in [0.1, 0.15) is 17.4 Å². The molecule has 0 radical (unpaired) electrons. The molecule has 4 aromatic heterocycles. The molecule has 0 aliphatic rings. The fourth-order valence-electron chi connectivity index (χ4n) is 4.37. The highest BCUT2D eigenvalue weighted by Crippen LogP contribution is 2.43. The molecule has 1 atom stereocenters. The number of carboxylic acids is 1. The monoisotopic (exact) mass is 558 g/mol. The molecule has 0 saturated carbocycles. The van der Waals surface area contributed by atoms with Gasteiger partial charge in [-0.05, 0) is 48.4 Å². The zero-order chi connectivity index (χ0) is 27.1. The highest BCUT2D eigenvalue weighted by molar-refractivity contribution is 7.31. The number of carbonyl (C=O) groups excluding carboxylic acids is 1. The predicted octanol–water partition coefficient (Wildman–Crippen LogP) is 7.11. The Labute approximate surface area is 230 Å². The number of aliphatic carboxylic acids is 1. The Morgan fingerprint density at radius 2 is 1.82 bits per heavy atom. The summed E-state index contributed by atoms with van der Waals surface area (Å²) in [6.07, 6.45) is 0.414. The highest BCUT2D eigenvalue weighted by Gasteiger charge is 2.21. The van der Waals surface area contributed by atoms with Gasteiger partial charge in [0.15, 0.2) is 5.82 Å². The molecule has 0 spiro atoms. The molecule has 2 N–H and O–H groups in total. The van der Waals surface area contributed by atoms with Gasteiger partial charge in [0.05, 0.1) is 17.6 Å². The van der Waals surface area contributed by atoms with Crippen LogP contribution in [-0.2, 0) is 23.0 Å². The van der Waals surface area contributed by atoms with Gasteiger partial charge in [0.2, 0.25) is 0 Å².